The summed E-state index contributed by atoms with van der Waals surface area (Å²) in [5, 5.41) is 13.7. The van der Waals surface area contributed by atoms with E-state index in [9.17, 15) is 5.11 Å². The van der Waals surface area contributed by atoms with Gasteiger partial charge in [-0.15, -0.1) is 0 Å². The Hall–Kier alpha value is -0.770. The number of aliphatic hydroxyl groups excluding tert-OH is 1. The van der Waals surface area contributed by atoms with Crippen molar-refractivity contribution in [1.82, 2.24) is 5.32 Å². The molecular formula is C14H20ClNO2. The van der Waals surface area contributed by atoms with Gasteiger partial charge in [-0.05, 0) is 50.4 Å². The van der Waals surface area contributed by atoms with Gasteiger partial charge in [0.15, 0.2) is 0 Å². The molecule has 0 amide bonds. The van der Waals surface area contributed by atoms with Crippen molar-refractivity contribution in [2.45, 2.75) is 25.9 Å². The summed E-state index contributed by atoms with van der Waals surface area (Å²) >= 11 is 6.23. The summed E-state index contributed by atoms with van der Waals surface area (Å²) in [6.07, 6.45) is 1.87. The lowest BCUT2D eigenvalue weighted by atomic mass is 10.0. The number of hydrogen-bond donors (Lipinski definition) is 2. The highest BCUT2D eigenvalue weighted by atomic mass is 35.5. The van der Waals surface area contributed by atoms with Crippen molar-refractivity contribution in [3.8, 4) is 5.75 Å². The zero-order valence-electron chi connectivity index (χ0n) is 10.9. The minimum Gasteiger partial charge on any atom is -0.491 e. The Morgan fingerprint density at radius 2 is 2.22 bits per heavy atom. The molecule has 0 heterocycles. The van der Waals surface area contributed by atoms with Gasteiger partial charge in [0.1, 0.15) is 5.75 Å². The normalized spacial score (nSPS) is 16.7. The maximum absolute atomic E-state index is 10.1. The number of aryl methyl sites for hydroxylation is 1. The van der Waals surface area contributed by atoms with Gasteiger partial charge in [-0.1, -0.05) is 11.6 Å². The molecule has 1 atom stereocenters. The predicted molar refractivity (Wildman–Crippen MR) is 73.3 cm³/mol. The summed E-state index contributed by atoms with van der Waals surface area (Å²) in [5.74, 6) is 1.30. The molecule has 0 aliphatic heterocycles. The predicted octanol–water partition coefficient (Wildman–Crippen LogP) is 2.69. The van der Waals surface area contributed by atoms with E-state index in [4.69, 9.17) is 16.3 Å². The van der Waals surface area contributed by atoms with Gasteiger partial charge >= 0.3 is 0 Å². The molecule has 1 saturated carbocycles. The second-order valence-corrected chi connectivity index (χ2v) is 5.40. The summed E-state index contributed by atoms with van der Waals surface area (Å²) in [6, 6.07) is 3.81. The van der Waals surface area contributed by atoms with E-state index in [1.165, 1.54) is 12.8 Å². The highest BCUT2D eigenvalue weighted by Gasteiger charge is 2.24. The van der Waals surface area contributed by atoms with Crippen LogP contribution in [0.5, 0.6) is 5.75 Å². The number of halogens is 1. The number of benzene rings is 1. The molecule has 1 aromatic carbocycles. The first-order valence-corrected chi connectivity index (χ1v) is 6.75. The first kappa shape index (κ1) is 13.7. The Labute approximate surface area is 113 Å². The van der Waals surface area contributed by atoms with Gasteiger partial charge in [-0.3, -0.25) is 0 Å². The zero-order valence-corrected chi connectivity index (χ0v) is 11.6. The van der Waals surface area contributed by atoms with E-state index in [1.807, 2.05) is 26.1 Å². The van der Waals surface area contributed by atoms with Crippen LogP contribution >= 0.6 is 11.6 Å². The van der Waals surface area contributed by atoms with Crippen LogP contribution in [0.15, 0.2) is 12.1 Å². The van der Waals surface area contributed by atoms with Gasteiger partial charge in [0.05, 0.1) is 17.7 Å². The van der Waals surface area contributed by atoms with E-state index in [0.29, 0.717) is 29.8 Å². The number of nitrogens with one attached hydrogen (secondary N) is 1. The second-order valence-electron chi connectivity index (χ2n) is 4.99. The van der Waals surface area contributed by atoms with Gasteiger partial charge in [0, 0.05) is 12.1 Å². The molecule has 4 heteroatoms. The third kappa shape index (κ3) is 3.37. The lowest BCUT2D eigenvalue weighted by molar-refractivity contribution is 0.170. The fraction of sp³-hybridized carbons (Fsp3) is 0.571. The monoisotopic (exact) mass is 269 g/mol. The molecule has 0 saturated heterocycles. The standard InChI is InChI=1S/C14H20ClNO2/c1-9-5-11(13(17)7-16-2)14(12(15)6-9)18-8-10-3-4-10/h5-6,10,13,16-17H,3-4,7-8H2,1-2H3. The van der Waals surface area contributed by atoms with Crippen LogP contribution in [-0.4, -0.2) is 25.3 Å². The SMILES string of the molecule is CNCC(O)c1cc(C)cc(Cl)c1OCC1CC1. The third-order valence-corrected chi connectivity index (χ3v) is 3.41. The molecule has 2 N–H and O–H groups in total. The maximum atomic E-state index is 10.1. The van der Waals surface area contributed by atoms with E-state index >= 15 is 0 Å². The fourth-order valence-electron chi connectivity index (χ4n) is 1.94. The molecule has 18 heavy (non-hydrogen) atoms. The van der Waals surface area contributed by atoms with Crippen molar-refractivity contribution in [1.29, 1.82) is 0 Å². The molecule has 1 aromatic rings. The maximum Gasteiger partial charge on any atom is 0.143 e. The number of aliphatic hydroxyl groups is 1. The summed E-state index contributed by atoms with van der Waals surface area (Å²) in [6.45, 7) is 3.15. The highest BCUT2D eigenvalue weighted by Crippen LogP contribution is 2.36. The zero-order chi connectivity index (χ0) is 13.1. The molecule has 3 nitrogen and oxygen atoms in total. The molecule has 0 aromatic heterocycles. The Balaban J connectivity index is 2.21. The first-order chi connectivity index (χ1) is 8.61. The van der Waals surface area contributed by atoms with Crippen LogP contribution in [0.2, 0.25) is 5.02 Å². The molecule has 1 unspecified atom stereocenters. The summed E-state index contributed by atoms with van der Waals surface area (Å²) in [5.41, 5.74) is 1.80. The van der Waals surface area contributed by atoms with E-state index in [2.05, 4.69) is 5.32 Å². The number of hydrogen-bond acceptors (Lipinski definition) is 3. The average molecular weight is 270 g/mol. The van der Waals surface area contributed by atoms with E-state index in [0.717, 1.165) is 11.1 Å². The Morgan fingerprint density at radius 3 is 2.83 bits per heavy atom. The molecule has 1 aliphatic carbocycles. The van der Waals surface area contributed by atoms with Gasteiger partial charge in [0.2, 0.25) is 0 Å². The minimum absolute atomic E-state index is 0.486. The molecule has 0 spiro atoms. The summed E-state index contributed by atoms with van der Waals surface area (Å²) < 4.78 is 5.79. The van der Waals surface area contributed by atoms with Gasteiger partial charge < -0.3 is 15.2 Å². The Bertz CT molecular complexity index is 419. The van der Waals surface area contributed by atoms with Crippen molar-refractivity contribution in [3.63, 3.8) is 0 Å². The number of likely N-dealkylation sites (N-methyl/N-ethyl adjacent to an activating group) is 1. The molecular weight excluding hydrogens is 250 g/mol. The smallest absolute Gasteiger partial charge is 0.143 e. The molecule has 100 valence electrons. The van der Waals surface area contributed by atoms with Crippen LogP contribution in [-0.2, 0) is 0 Å². The van der Waals surface area contributed by atoms with Crippen LogP contribution in [0.25, 0.3) is 0 Å². The molecule has 0 bridgehead atoms. The highest BCUT2D eigenvalue weighted by molar-refractivity contribution is 6.32. The fourth-order valence-corrected chi connectivity index (χ4v) is 2.28. The van der Waals surface area contributed by atoms with Crippen molar-refractivity contribution in [2.24, 2.45) is 5.92 Å². The average Bonchev–Trinajstić information content (AvgIpc) is 3.11. The van der Waals surface area contributed by atoms with Gasteiger partial charge in [0.25, 0.3) is 0 Å². The molecule has 2 rings (SSSR count). The van der Waals surface area contributed by atoms with Crippen LogP contribution < -0.4 is 10.1 Å². The number of rotatable bonds is 6. The van der Waals surface area contributed by atoms with Crippen LogP contribution in [0.3, 0.4) is 0 Å². The van der Waals surface area contributed by atoms with E-state index in [-0.39, 0.29) is 0 Å². The first-order valence-electron chi connectivity index (χ1n) is 6.37. The lowest BCUT2D eigenvalue weighted by Gasteiger charge is -2.18. The van der Waals surface area contributed by atoms with Crippen molar-refractivity contribution in [3.05, 3.63) is 28.3 Å². The third-order valence-electron chi connectivity index (χ3n) is 3.13. The number of ether oxygens (including phenoxy) is 1. The molecule has 1 fully saturated rings. The topological polar surface area (TPSA) is 41.5 Å². The van der Waals surface area contributed by atoms with E-state index in [1.54, 1.807) is 0 Å². The molecule has 1 aliphatic rings. The second kappa shape index (κ2) is 5.91. The Kier molecular flexibility index (Phi) is 4.49. The van der Waals surface area contributed by atoms with Crippen LogP contribution in [0.4, 0.5) is 0 Å². The van der Waals surface area contributed by atoms with Gasteiger partial charge in [-0.25, -0.2) is 0 Å². The minimum atomic E-state index is -0.596. The van der Waals surface area contributed by atoms with Crippen LogP contribution in [0.1, 0.15) is 30.1 Å². The molecule has 0 radical (unpaired) electrons. The van der Waals surface area contributed by atoms with Crippen molar-refractivity contribution < 1.29 is 9.84 Å². The largest absolute Gasteiger partial charge is 0.491 e. The lowest BCUT2D eigenvalue weighted by Crippen LogP contribution is -2.18. The summed E-state index contributed by atoms with van der Waals surface area (Å²) in [4.78, 5) is 0. The van der Waals surface area contributed by atoms with Crippen molar-refractivity contribution >= 4 is 11.6 Å². The van der Waals surface area contributed by atoms with Gasteiger partial charge in [-0.2, -0.15) is 0 Å². The Morgan fingerprint density at radius 1 is 1.50 bits per heavy atom. The summed E-state index contributed by atoms with van der Waals surface area (Å²) in [7, 11) is 1.81. The van der Waals surface area contributed by atoms with E-state index < -0.39 is 6.10 Å². The van der Waals surface area contributed by atoms with Crippen molar-refractivity contribution in [2.75, 3.05) is 20.2 Å². The van der Waals surface area contributed by atoms with Crippen LogP contribution in [0, 0.1) is 12.8 Å². The quantitative estimate of drug-likeness (QED) is 0.834.